The molecule has 3 rings (SSSR count). The minimum absolute atomic E-state index is 0.110. The summed E-state index contributed by atoms with van der Waals surface area (Å²) in [5, 5.41) is 18.0. The number of esters is 1. The fourth-order valence-electron chi connectivity index (χ4n) is 2.65. The summed E-state index contributed by atoms with van der Waals surface area (Å²) < 4.78 is 4.64. The highest BCUT2D eigenvalue weighted by Gasteiger charge is 2.17. The molecule has 0 spiro atoms. The maximum absolute atomic E-state index is 12.9. The number of anilines is 1. The molecule has 2 aromatic carbocycles. The molecule has 10 heteroatoms. The second kappa shape index (κ2) is 10.1. The summed E-state index contributed by atoms with van der Waals surface area (Å²) in [4.78, 5) is 47.9. The average molecular weight is 451 g/mol. The van der Waals surface area contributed by atoms with Gasteiger partial charge in [0.1, 0.15) is 5.70 Å². The largest absolute Gasteiger partial charge is 0.465 e. The molecule has 1 heterocycles. The van der Waals surface area contributed by atoms with Crippen LogP contribution in [0.3, 0.4) is 0 Å². The molecule has 3 aromatic rings. The number of amides is 2. The van der Waals surface area contributed by atoms with E-state index in [0.29, 0.717) is 21.7 Å². The van der Waals surface area contributed by atoms with Gasteiger partial charge < -0.3 is 15.4 Å². The lowest BCUT2D eigenvalue weighted by atomic mass is 10.1. The fourth-order valence-corrected chi connectivity index (χ4v) is 3.27. The van der Waals surface area contributed by atoms with Gasteiger partial charge in [0.15, 0.2) is 0 Å². The second-order valence-electron chi connectivity index (χ2n) is 6.36. The van der Waals surface area contributed by atoms with Crippen molar-refractivity contribution < 1.29 is 24.0 Å². The van der Waals surface area contributed by atoms with Crippen LogP contribution >= 0.6 is 11.3 Å². The monoisotopic (exact) mass is 451 g/mol. The number of hydrogen-bond acceptors (Lipinski definition) is 7. The number of nitro benzene ring substituents is 1. The smallest absolute Gasteiger partial charge is 0.337 e. The molecule has 0 radical (unpaired) electrons. The van der Waals surface area contributed by atoms with Gasteiger partial charge in [0.05, 0.1) is 22.5 Å². The molecule has 0 bridgehead atoms. The van der Waals surface area contributed by atoms with E-state index in [4.69, 9.17) is 0 Å². The summed E-state index contributed by atoms with van der Waals surface area (Å²) in [5.74, 6) is -1.66. The van der Waals surface area contributed by atoms with Crippen LogP contribution in [0.5, 0.6) is 0 Å². The van der Waals surface area contributed by atoms with Gasteiger partial charge in [0.25, 0.3) is 17.5 Å². The first-order chi connectivity index (χ1) is 15.4. The van der Waals surface area contributed by atoms with E-state index in [1.807, 2.05) is 0 Å². The topological polar surface area (TPSA) is 128 Å². The Hall–Kier alpha value is -4.31. The van der Waals surface area contributed by atoms with Crippen LogP contribution in [0.15, 0.2) is 71.7 Å². The normalized spacial score (nSPS) is 10.8. The van der Waals surface area contributed by atoms with Crippen LogP contribution < -0.4 is 10.6 Å². The maximum atomic E-state index is 12.9. The van der Waals surface area contributed by atoms with Crippen LogP contribution in [0.1, 0.15) is 25.6 Å². The molecule has 162 valence electrons. The van der Waals surface area contributed by atoms with Crippen molar-refractivity contribution >= 4 is 46.6 Å². The molecule has 0 saturated carbocycles. The van der Waals surface area contributed by atoms with Crippen LogP contribution in [0, 0.1) is 10.1 Å². The number of carbonyl (C=O) groups is 3. The van der Waals surface area contributed by atoms with Gasteiger partial charge in [0, 0.05) is 17.8 Å². The van der Waals surface area contributed by atoms with E-state index >= 15 is 0 Å². The van der Waals surface area contributed by atoms with Crippen molar-refractivity contribution in [2.45, 2.75) is 0 Å². The van der Waals surface area contributed by atoms with E-state index in [-0.39, 0.29) is 11.4 Å². The van der Waals surface area contributed by atoms with Gasteiger partial charge in [-0.2, -0.15) is 0 Å². The van der Waals surface area contributed by atoms with E-state index in [0.717, 1.165) is 0 Å². The third kappa shape index (κ3) is 5.64. The first-order valence-electron chi connectivity index (χ1n) is 9.18. The molecule has 0 aliphatic carbocycles. The van der Waals surface area contributed by atoms with Crippen LogP contribution in [-0.2, 0) is 9.53 Å². The molecule has 2 N–H and O–H groups in total. The zero-order valence-corrected chi connectivity index (χ0v) is 17.5. The van der Waals surface area contributed by atoms with Gasteiger partial charge in [-0.15, -0.1) is 11.3 Å². The average Bonchev–Trinajstić information content (AvgIpc) is 3.34. The summed E-state index contributed by atoms with van der Waals surface area (Å²) >= 11 is 1.20. The number of thiophene rings is 1. The molecule has 0 saturated heterocycles. The Labute approximate surface area is 186 Å². The number of nitrogens with one attached hydrogen (secondary N) is 2. The Morgan fingerprint density at radius 1 is 1.06 bits per heavy atom. The SMILES string of the molecule is COC(=O)c1ccc(NC(=O)C(=Cc2cccc([N+](=O)[O-])c2)NC(=O)c2cccs2)cc1. The number of carbonyl (C=O) groups excluding carboxylic acids is 3. The third-order valence-corrected chi connectivity index (χ3v) is 5.06. The first-order valence-corrected chi connectivity index (χ1v) is 10.1. The lowest BCUT2D eigenvalue weighted by Crippen LogP contribution is -2.30. The van der Waals surface area contributed by atoms with Crippen LogP contribution in [0.25, 0.3) is 6.08 Å². The zero-order chi connectivity index (χ0) is 23.1. The molecular weight excluding hydrogens is 434 g/mol. The third-order valence-electron chi connectivity index (χ3n) is 4.19. The van der Waals surface area contributed by atoms with E-state index in [1.165, 1.54) is 67.0 Å². The number of benzene rings is 2. The first kappa shape index (κ1) is 22.4. The Balaban J connectivity index is 1.88. The standard InChI is InChI=1S/C22H17N3O6S/c1-31-22(28)15-7-9-16(10-8-15)23-20(26)18(24-21(27)19-6-3-11-32-19)13-14-4-2-5-17(12-14)25(29)30/h2-13H,1H3,(H,23,26)(H,24,27). The van der Waals surface area contributed by atoms with Gasteiger partial charge >= 0.3 is 5.97 Å². The molecule has 0 unspecified atom stereocenters. The van der Waals surface area contributed by atoms with Crippen molar-refractivity contribution in [1.82, 2.24) is 5.32 Å². The highest BCUT2D eigenvalue weighted by atomic mass is 32.1. The fraction of sp³-hybridized carbons (Fsp3) is 0.0455. The minimum Gasteiger partial charge on any atom is -0.465 e. The number of nitro groups is 1. The predicted molar refractivity (Wildman–Crippen MR) is 119 cm³/mol. The van der Waals surface area contributed by atoms with E-state index in [9.17, 15) is 24.5 Å². The van der Waals surface area contributed by atoms with Crippen LogP contribution in [0.4, 0.5) is 11.4 Å². The number of rotatable bonds is 7. The summed E-state index contributed by atoms with van der Waals surface area (Å²) in [6, 6.07) is 15.0. The molecule has 0 fully saturated rings. The van der Waals surface area contributed by atoms with Crippen molar-refractivity contribution in [2.75, 3.05) is 12.4 Å². The van der Waals surface area contributed by atoms with Crippen molar-refractivity contribution in [3.05, 3.63) is 97.9 Å². The van der Waals surface area contributed by atoms with Gasteiger partial charge in [-0.05, 0) is 47.4 Å². The molecular formula is C22H17N3O6S. The molecule has 2 amide bonds. The quantitative estimate of drug-likeness (QED) is 0.243. The van der Waals surface area contributed by atoms with E-state index < -0.39 is 22.7 Å². The van der Waals surface area contributed by atoms with Crippen molar-refractivity contribution in [1.29, 1.82) is 0 Å². The summed E-state index contributed by atoms with van der Waals surface area (Å²) in [6.45, 7) is 0. The van der Waals surface area contributed by atoms with Gasteiger partial charge in [-0.3, -0.25) is 19.7 Å². The van der Waals surface area contributed by atoms with Gasteiger partial charge in [0.2, 0.25) is 0 Å². The molecule has 0 atom stereocenters. The number of nitrogens with zero attached hydrogens (tertiary/aromatic N) is 1. The molecule has 1 aromatic heterocycles. The Kier molecular flexibility index (Phi) is 7.09. The Morgan fingerprint density at radius 2 is 1.81 bits per heavy atom. The van der Waals surface area contributed by atoms with Crippen LogP contribution in [-0.4, -0.2) is 29.8 Å². The number of non-ortho nitro benzene ring substituents is 1. The molecule has 32 heavy (non-hydrogen) atoms. The maximum Gasteiger partial charge on any atom is 0.337 e. The van der Waals surface area contributed by atoms with Crippen LogP contribution in [0.2, 0.25) is 0 Å². The molecule has 9 nitrogen and oxygen atoms in total. The highest BCUT2D eigenvalue weighted by molar-refractivity contribution is 7.12. The van der Waals surface area contributed by atoms with Crippen molar-refractivity contribution in [2.24, 2.45) is 0 Å². The van der Waals surface area contributed by atoms with Gasteiger partial charge in [-0.25, -0.2) is 4.79 Å². The minimum atomic E-state index is -0.646. The Morgan fingerprint density at radius 3 is 2.44 bits per heavy atom. The summed E-state index contributed by atoms with van der Waals surface area (Å²) in [5.41, 5.74) is 0.779. The number of ether oxygens (including phenoxy) is 1. The van der Waals surface area contributed by atoms with E-state index in [2.05, 4.69) is 15.4 Å². The summed E-state index contributed by atoms with van der Waals surface area (Å²) in [6.07, 6.45) is 1.34. The van der Waals surface area contributed by atoms with Crippen molar-refractivity contribution in [3.8, 4) is 0 Å². The Bertz CT molecular complexity index is 1190. The lowest BCUT2D eigenvalue weighted by Gasteiger charge is -2.11. The zero-order valence-electron chi connectivity index (χ0n) is 16.7. The molecule has 0 aliphatic rings. The predicted octanol–water partition coefficient (Wildman–Crippen LogP) is 3.85. The second-order valence-corrected chi connectivity index (χ2v) is 7.31. The number of methoxy groups -OCH3 is 1. The summed E-state index contributed by atoms with van der Waals surface area (Å²) in [7, 11) is 1.26. The highest BCUT2D eigenvalue weighted by Crippen LogP contribution is 2.17. The number of hydrogen-bond donors (Lipinski definition) is 2. The lowest BCUT2D eigenvalue weighted by molar-refractivity contribution is -0.384. The van der Waals surface area contributed by atoms with Crippen molar-refractivity contribution in [3.63, 3.8) is 0 Å². The van der Waals surface area contributed by atoms with Gasteiger partial charge in [-0.1, -0.05) is 18.2 Å². The van der Waals surface area contributed by atoms with E-state index in [1.54, 1.807) is 23.6 Å². The molecule has 0 aliphatic heterocycles.